The van der Waals surface area contributed by atoms with Crippen LogP contribution in [0.15, 0.2) is 78.9 Å². The highest BCUT2D eigenvalue weighted by atomic mass is 16.6. The first-order chi connectivity index (χ1) is 13.5. The molecule has 3 rings (SSSR count). The maximum atomic E-state index is 12.3. The van der Waals surface area contributed by atoms with Gasteiger partial charge in [0.15, 0.2) is 0 Å². The van der Waals surface area contributed by atoms with E-state index in [1.165, 1.54) is 24.3 Å². The van der Waals surface area contributed by atoms with Gasteiger partial charge in [-0.2, -0.15) is 0 Å². The van der Waals surface area contributed by atoms with Crippen molar-refractivity contribution in [3.05, 3.63) is 94.5 Å². The van der Waals surface area contributed by atoms with E-state index in [0.717, 1.165) is 0 Å². The summed E-state index contributed by atoms with van der Waals surface area (Å²) in [6.07, 6.45) is 0. The average Bonchev–Trinajstić information content (AvgIpc) is 2.69. The molecule has 0 bridgehead atoms. The molecule has 0 aliphatic carbocycles. The molecule has 3 aromatic rings. The first kappa shape index (κ1) is 18.6. The number of nitrogens with zero attached hydrogens (tertiary/aromatic N) is 1. The lowest BCUT2D eigenvalue weighted by atomic mass is 10.2. The summed E-state index contributed by atoms with van der Waals surface area (Å²) in [5, 5.41) is 18.9. The van der Waals surface area contributed by atoms with E-state index in [4.69, 9.17) is 0 Å². The number of urea groups is 1. The molecule has 3 N–H and O–H groups in total. The standard InChI is InChI=1S/C20H16N4O4/c25-19(14-6-4-11-18(12-14)24(27)28)21-16-9-5-10-17(13-16)23-20(26)22-15-7-2-1-3-8-15/h1-13H,(H,21,25)(H2,22,23,26). The second-order valence-electron chi connectivity index (χ2n) is 5.79. The van der Waals surface area contributed by atoms with Crippen LogP contribution in [0.1, 0.15) is 10.4 Å². The van der Waals surface area contributed by atoms with E-state index >= 15 is 0 Å². The summed E-state index contributed by atoms with van der Waals surface area (Å²) in [6, 6.07) is 20.6. The maximum Gasteiger partial charge on any atom is 0.323 e. The van der Waals surface area contributed by atoms with Crippen molar-refractivity contribution in [1.82, 2.24) is 0 Å². The zero-order chi connectivity index (χ0) is 19.9. The Kier molecular flexibility index (Phi) is 5.61. The summed E-state index contributed by atoms with van der Waals surface area (Å²) in [6.45, 7) is 0. The number of non-ortho nitro benzene ring substituents is 1. The van der Waals surface area contributed by atoms with E-state index in [1.807, 2.05) is 6.07 Å². The molecule has 0 saturated heterocycles. The summed E-state index contributed by atoms with van der Waals surface area (Å²) in [5.74, 6) is -0.491. The van der Waals surface area contributed by atoms with E-state index in [9.17, 15) is 19.7 Å². The van der Waals surface area contributed by atoms with Gasteiger partial charge in [0.1, 0.15) is 0 Å². The third-order valence-electron chi connectivity index (χ3n) is 3.73. The van der Waals surface area contributed by atoms with Crippen LogP contribution in [0, 0.1) is 10.1 Å². The third kappa shape index (κ3) is 4.92. The molecule has 8 nitrogen and oxygen atoms in total. The second-order valence-corrected chi connectivity index (χ2v) is 5.79. The van der Waals surface area contributed by atoms with Gasteiger partial charge in [-0.05, 0) is 36.4 Å². The van der Waals surface area contributed by atoms with Crippen molar-refractivity contribution in [3.8, 4) is 0 Å². The van der Waals surface area contributed by atoms with E-state index in [-0.39, 0.29) is 11.3 Å². The van der Waals surface area contributed by atoms with Crippen molar-refractivity contribution in [3.63, 3.8) is 0 Å². The fourth-order valence-electron chi connectivity index (χ4n) is 2.45. The lowest BCUT2D eigenvalue weighted by molar-refractivity contribution is -0.384. The smallest absolute Gasteiger partial charge is 0.322 e. The highest BCUT2D eigenvalue weighted by Crippen LogP contribution is 2.18. The Morgan fingerprint density at radius 2 is 1.32 bits per heavy atom. The molecule has 0 spiro atoms. The van der Waals surface area contributed by atoms with Crippen LogP contribution in [-0.2, 0) is 0 Å². The highest BCUT2D eigenvalue weighted by Gasteiger charge is 2.12. The van der Waals surface area contributed by atoms with Gasteiger partial charge in [0.2, 0.25) is 0 Å². The Hall–Kier alpha value is -4.20. The van der Waals surface area contributed by atoms with Gasteiger partial charge >= 0.3 is 6.03 Å². The van der Waals surface area contributed by atoms with Crippen molar-refractivity contribution < 1.29 is 14.5 Å². The number of anilines is 3. The number of nitro groups is 1. The Labute approximate surface area is 160 Å². The molecule has 0 aliphatic heterocycles. The quantitative estimate of drug-likeness (QED) is 0.450. The molecule has 0 fully saturated rings. The van der Waals surface area contributed by atoms with Crippen LogP contribution < -0.4 is 16.0 Å². The van der Waals surface area contributed by atoms with Gasteiger partial charge in [-0.15, -0.1) is 0 Å². The molecule has 28 heavy (non-hydrogen) atoms. The second kappa shape index (κ2) is 8.45. The Balaban J connectivity index is 1.66. The Morgan fingerprint density at radius 3 is 2.04 bits per heavy atom. The first-order valence-corrected chi connectivity index (χ1v) is 8.30. The summed E-state index contributed by atoms with van der Waals surface area (Å²) >= 11 is 0. The van der Waals surface area contributed by atoms with E-state index < -0.39 is 16.9 Å². The van der Waals surface area contributed by atoms with E-state index in [1.54, 1.807) is 48.5 Å². The molecule has 0 aromatic heterocycles. The molecule has 0 unspecified atom stereocenters. The zero-order valence-corrected chi connectivity index (χ0v) is 14.6. The van der Waals surface area contributed by atoms with Gasteiger partial charge in [0.25, 0.3) is 11.6 Å². The molecular weight excluding hydrogens is 360 g/mol. The lowest BCUT2D eigenvalue weighted by Crippen LogP contribution is -2.19. The molecule has 0 heterocycles. The normalized spacial score (nSPS) is 10.0. The van der Waals surface area contributed by atoms with Crippen molar-refractivity contribution in [2.24, 2.45) is 0 Å². The Morgan fingerprint density at radius 1 is 0.714 bits per heavy atom. The van der Waals surface area contributed by atoms with Crippen molar-refractivity contribution in [1.29, 1.82) is 0 Å². The first-order valence-electron chi connectivity index (χ1n) is 8.30. The van der Waals surface area contributed by atoms with Crippen LogP contribution in [-0.4, -0.2) is 16.9 Å². The van der Waals surface area contributed by atoms with Crippen LogP contribution in [0.3, 0.4) is 0 Å². The van der Waals surface area contributed by atoms with E-state index in [2.05, 4.69) is 16.0 Å². The SMILES string of the molecule is O=C(Nc1ccccc1)Nc1cccc(NC(=O)c2cccc([N+](=O)[O-])c2)c1. The molecular formula is C20H16N4O4. The molecule has 3 amide bonds. The lowest BCUT2D eigenvalue weighted by Gasteiger charge is -2.10. The topological polar surface area (TPSA) is 113 Å². The number of nitrogens with one attached hydrogen (secondary N) is 3. The van der Waals surface area contributed by atoms with Crippen LogP contribution in [0.25, 0.3) is 0 Å². The van der Waals surface area contributed by atoms with Crippen LogP contribution in [0.2, 0.25) is 0 Å². The van der Waals surface area contributed by atoms with Crippen molar-refractivity contribution in [2.75, 3.05) is 16.0 Å². The van der Waals surface area contributed by atoms with E-state index in [0.29, 0.717) is 17.1 Å². The summed E-state index contributed by atoms with van der Waals surface area (Å²) < 4.78 is 0. The molecule has 0 radical (unpaired) electrons. The molecule has 140 valence electrons. The number of hydrogen-bond donors (Lipinski definition) is 3. The largest absolute Gasteiger partial charge is 0.323 e. The van der Waals surface area contributed by atoms with Gasteiger partial charge in [-0.3, -0.25) is 14.9 Å². The third-order valence-corrected chi connectivity index (χ3v) is 3.73. The predicted molar refractivity (Wildman–Crippen MR) is 107 cm³/mol. The number of hydrogen-bond acceptors (Lipinski definition) is 4. The predicted octanol–water partition coefficient (Wildman–Crippen LogP) is 4.49. The van der Waals surface area contributed by atoms with Crippen LogP contribution in [0.5, 0.6) is 0 Å². The number of nitro benzene ring substituents is 1. The van der Waals surface area contributed by atoms with Crippen LogP contribution >= 0.6 is 0 Å². The minimum Gasteiger partial charge on any atom is -0.322 e. The highest BCUT2D eigenvalue weighted by molar-refractivity contribution is 6.05. The molecule has 0 saturated carbocycles. The molecule has 3 aromatic carbocycles. The van der Waals surface area contributed by atoms with Gasteiger partial charge < -0.3 is 16.0 Å². The molecule has 8 heteroatoms. The summed E-state index contributed by atoms with van der Waals surface area (Å²) in [7, 11) is 0. The fraction of sp³-hybridized carbons (Fsp3) is 0. The number of carbonyl (C=O) groups is 2. The Bertz CT molecular complexity index is 1020. The van der Waals surface area contributed by atoms with Crippen LogP contribution in [0.4, 0.5) is 27.5 Å². The zero-order valence-electron chi connectivity index (χ0n) is 14.6. The van der Waals surface area contributed by atoms with Gasteiger partial charge in [-0.25, -0.2) is 4.79 Å². The summed E-state index contributed by atoms with van der Waals surface area (Å²) in [5.41, 5.74) is 1.56. The minimum atomic E-state index is -0.563. The average molecular weight is 376 g/mol. The van der Waals surface area contributed by atoms with Gasteiger partial charge in [0.05, 0.1) is 4.92 Å². The number of benzene rings is 3. The minimum absolute atomic E-state index is 0.161. The maximum absolute atomic E-state index is 12.3. The van der Waals surface area contributed by atoms with Gasteiger partial charge in [-0.1, -0.05) is 30.3 Å². The van der Waals surface area contributed by atoms with Crippen molar-refractivity contribution in [2.45, 2.75) is 0 Å². The summed E-state index contributed by atoms with van der Waals surface area (Å²) in [4.78, 5) is 34.7. The fourth-order valence-corrected chi connectivity index (χ4v) is 2.45. The monoisotopic (exact) mass is 376 g/mol. The molecule has 0 atom stereocenters. The van der Waals surface area contributed by atoms with Gasteiger partial charge in [0, 0.05) is 34.8 Å². The molecule has 0 aliphatic rings. The number of rotatable bonds is 5. The number of amides is 3. The number of para-hydroxylation sites is 1. The van der Waals surface area contributed by atoms with Crippen molar-refractivity contribution >= 4 is 34.7 Å². The number of carbonyl (C=O) groups excluding carboxylic acids is 2.